The van der Waals surface area contributed by atoms with Gasteiger partial charge in [-0.3, -0.25) is 0 Å². The molecule has 0 amide bonds. The van der Waals surface area contributed by atoms with E-state index in [9.17, 15) is 8.78 Å². The van der Waals surface area contributed by atoms with Gasteiger partial charge in [0.15, 0.2) is 11.6 Å². The van der Waals surface area contributed by atoms with E-state index in [2.05, 4.69) is 10.7 Å². The zero-order chi connectivity index (χ0) is 7.56. The van der Waals surface area contributed by atoms with Crippen molar-refractivity contribution in [2.24, 2.45) is 5.90 Å². The zero-order valence-corrected chi connectivity index (χ0v) is 6.20. The molecule has 0 aliphatic rings. The molecule has 0 spiro atoms. The fraction of sp³-hybridized carbons (Fsp3) is 0. The van der Waals surface area contributed by atoms with Gasteiger partial charge in [0.2, 0.25) is 0 Å². The molecule has 0 atom stereocenters. The highest BCUT2D eigenvalue weighted by Gasteiger charge is 2.01. The third-order valence-electron chi connectivity index (χ3n) is 1.02. The Hall–Kier alpha value is -0.870. The molecule has 62 valence electrons. The van der Waals surface area contributed by atoms with E-state index in [0.29, 0.717) is 6.07 Å². The van der Waals surface area contributed by atoms with Crippen molar-refractivity contribution in [2.45, 2.75) is 0 Å². The molecule has 5 heteroatoms. The Morgan fingerprint density at radius 2 is 1.91 bits per heavy atom. The van der Waals surface area contributed by atoms with Crippen LogP contribution in [0, 0.1) is 11.6 Å². The minimum Gasteiger partial charge on any atom is -0.408 e. The molecule has 0 heterocycles. The van der Waals surface area contributed by atoms with Crippen LogP contribution in [0.25, 0.3) is 0 Å². The fourth-order valence-electron chi connectivity index (χ4n) is 0.571. The van der Waals surface area contributed by atoms with Gasteiger partial charge in [0, 0.05) is 6.07 Å². The predicted molar refractivity (Wildman–Crippen MR) is 38.4 cm³/mol. The van der Waals surface area contributed by atoms with E-state index >= 15 is 0 Å². The SMILES string of the molecule is Cl.NOc1ccc(F)cc1F. The molecule has 0 saturated heterocycles. The van der Waals surface area contributed by atoms with Crippen LogP contribution in [0.2, 0.25) is 0 Å². The molecular weight excluding hydrogens is 176 g/mol. The van der Waals surface area contributed by atoms with Gasteiger partial charge in [-0.2, -0.15) is 5.90 Å². The van der Waals surface area contributed by atoms with Gasteiger partial charge in [0.1, 0.15) is 5.82 Å². The van der Waals surface area contributed by atoms with Crippen LogP contribution in [0.3, 0.4) is 0 Å². The molecule has 0 bridgehead atoms. The van der Waals surface area contributed by atoms with Gasteiger partial charge in [-0.1, -0.05) is 0 Å². The molecule has 1 aromatic carbocycles. The Morgan fingerprint density at radius 1 is 1.27 bits per heavy atom. The number of nitrogens with two attached hydrogens (primary N) is 1. The van der Waals surface area contributed by atoms with Crippen molar-refractivity contribution in [3.63, 3.8) is 0 Å². The fourth-order valence-corrected chi connectivity index (χ4v) is 0.571. The standard InChI is InChI=1S/C6H5F2NO.ClH/c7-4-1-2-6(10-9)5(8)3-4;/h1-3H,9H2;1H. The highest BCUT2D eigenvalue weighted by Crippen LogP contribution is 2.15. The summed E-state index contributed by atoms with van der Waals surface area (Å²) in [5, 5.41) is 0. The minimum atomic E-state index is -0.803. The molecular formula is C6H6ClF2NO. The van der Waals surface area contributed by atoms with Gasteiger partial charge in [-0.25, -0.2) is 8.78 Å². The van der Waals surface area contributed by atoms with Crippen molar-refractivity contribution in [3.8, 4) is 5.75 Å². The average Bonchev–Trinajstić information content (AvgIpc) is 1.88. The van der Waals surface area contributed by atoms with Crippen LogP contribution in [0.1, 0.15) is 0 Å². The van der Waals surface area contributed by atoms with Crippen molar-refractivity contribution in [1.82, 2.24) is 0 Å². The smallest absolute Gasteiger partial charge is 0.182 e. The van der Waals surface area contributed by atoms with E-state index in [1.165, 1.54) is 0 Å². The van der Waals surface area contributed by atoms with Crippen molar-refractivity contribution in [1.29, 1.82) is 0 Å². The first kappa shape index (κ1) is 10.1. The summed E-state index contributed by atoms with van der Waals surface area (Å²) >= 11 is 0. The van der Waals surface area contributed by atoms with Crippen LogP contribution in [-0.4, -0.2) is 0 Å². The molecule has 1 rings (SSSR count). The highest BCUT2D eigenvalue weighted by molar-refractivity contribution is 5.85. The lowest BCUT2D eigenvalue weighted by Gasteiger charge is -1.97. The highest BCUT2D eigenvalue weighted by atomic mass is 35.5. The van der Waals surface area contributed by atoms with E-state index in [4.69, 9.17) is 0 Å². The topological polar surface area (TPSA) is 35.2 Å². The van der Waals surface area contributed by atoms with E-state index in [1.807, 2.05) is 0 Å². The number of hydrogen-bond acceptors (Lipinski definition) is 2. The Bertz CT molecular complexity index is 244. The maximum Gasteiger partial charge on any atom is 0.182 e. The van der Waals surface area contributed by atoms with E-state index in [1.54, 1.807) is 0 Å². The third-order valence-corrected chi connectivity index (χ3v) is 1.02. The van der Waals surface area contributed by atoms with Gasteiger partial charge >= 0.3 is 0 Å². The number of hydrogen-bond donors (Lipinski definition) is 1. The zero-order valence-electron chi connectivity index (χ0n) is 5.38. The maximum atomic E-state index is 12.4. The molecule has 2 nitrogen and oxygen atoms in total. The largest absolute Gasteiger partial charge is 0.408 e. The number of benzene rings is 1. The van der Waals surface area contributed by atoms with Gasteiger partial charge in [0.05, 0.1) is 0 Å². The number of rotatable bonds is 1. The van der Waals surface area contributed by atoms with E-state index < -0.39 is 11.6 Å². The quantitative estimate of drug-likeness (QED) is 0.669. The van der Waals surface area contributed by atoms with Crippen LogP contribution < -0.4 is 10.7 Å². The molecule has 0 radical (unpaired) electrons. The normalized spacial score (nSPS) is 8.64. The van der Waals surface area contributed by atoms with Gasteiger partial charge in [0.25, 0.3) is 0 Å². The molecule has 0 unspecified atom stereocenters. The summed E-state index contributed by atoms with van der Waals surface area (Å²) in [5.74, 6) is 3.02. The molecule has 0 aliphatic heterocycles. The molecule has 2 N–H and O–H groups in total. The van der Waals surface area contributed by atoms with E-state index in [-0.39, 0.29) is 18.2 Å². The first-order valence-corrected chi connectivity index (χ1v) is 2.56. The lowest BCUT2D eigenvalue weighted by molar-refractivity contribution is 0.314. The van der Waals surface area contributed by atoms with Crippen molar-refractivity contribution >= 4 is 12.4 Å². The first-order valence-electron chi connectivity index (χ1n) is 2.56. The van der Waals surface area contributed by atoms with Gasteiger partial charge in [-0.15, -0.1) is 12.4 Å². The van der Waals surface area contributed by atoms with Crippen LogP contribution in [0.5, 0.6) is 5.75 Å². The summed E-state index contributed by atoms with van der Waals surface area (Å²) in [6, 6.07) is 2.87. The minimum absolute atomic E-state index is 0. The summed E-state index contributed by atoms with van der Waals surface area (Å²) < 4.78 is 24.6. The number of halogens is 3. The Morgan fingerprint density at radius 3 is 2.36 bits per heavy atom. The van der Waals surface area contributed by atoms with Gasteiger partial charge < -0.3 is 4.84 Å². The second kappa shape index (κ2) is 4.10. The molecule has 11 heavy (non-hydrogen) atoms. The Labute approximate surface area is 68.3 Å². The summed E-state index contributed by atoms with van der Waals surface area (Å²) in [7, 11) is 0. The van der Waals surface area contributed by atoms with Crippen molar-refractivity contribution in [3.05, 3.63) is 29.8 Å². The lowest BCUT2D eigenvalue weighted by atomic mass is 10.3. The predicted octanol–water partition coefficient (Wildman–Crippen LogP) is 1.64. The second-order valence-electron chi connectivity index (χ2n) is 1.69. The average molecular weight is 182 g/mol. The maximum absolute atomic E-state index is 12.4. The summed E-state index contributed by atoms with van der Waals surface area (Å²) in [6.45, 7) is 0. The van der Waals surface area contributed by atoms with Crippen LogP contribution in [0.15, 0.2) is 18.2 Å². The van der Waals surface area contributed by atoms with Crippen LogP contribution in [-0.2, 0) is 0 Å². The van der Waals surface area contributed by atoms with Crippen molar-refractivity contribution in [2.75, 3.05) is 0 Å². The van der Waals surface area contributed by atoms with Crippen LogP contribution >= 0.6 is 12.4 Å². The molecule has 0 aliphatic carbocycles. The monoisotopic (exact) mass is 181 g/mol. The summed E-state index contributed by atoms with van der Waals surface area (Å²) in [6.07, 6.45) is 0. The van der Waals surface area contributed by atoms with Gasteiger partial charge in [-0.05, 0) is 12.1 Å². The van der Waals surface area contributed by atoms with E-state index in [0.717, 1.165) is 12.1 Å². The second-order valence-corrected chi connectivity index (χ2v) is 1.69. The molecule has 0 fully saturated rings. The van der Waals surface area contributed by atoms with Crippen LogP contribution in [0.4, 0.5) is 8.78 Å². The third kappa shape index (κ3) is 2.32. The first-order chi connectivity index (χ1) is 4.74. The lowest BCUT2D eigenvalue weighted by Crippen LogP contribution is -2.03. The summed E-state index contributed by atoms with van der Waals surface area (Å²) in [4.78, 5) is 4.06. The summed E-state index contributed by atoms with van der Waals surface area (Å²) in [5.41, 5.74) is 0. The van der Waals surface area contributed by atoms with Crippen molar-refractivity contribution < 1.29 is 13.6 Å². The molecule has 0 saturated carbocycles. The Kier molecular flexibility index (Phi) is 3.78. The molecule has 1 aromatic rings. The Balaban J connectivity index is 0.000001000. The molecule has 0 aromatic heterocycles.